The molecule has 5 aliphatic rings. The van der Waals surface area contributed by atoms with Crippen LogP contribution in [-0.4, -0.2) is 19.1 Å². The maximum absolute atomic E-state index is 11.6. The second kappa shape index (κ2) is 6.74. The Bertz CT molecular complexity index is 729. The zero-order valence-corrected chi connectivity index (χ0v) is 17.4. The quantitative estimate of drug-likeness (QED) is 0.752. The Morgan fingerprint density at radius 2 is 1.64 bits per heavy atom. The number of aromatic nitrogens is 1. The Morgan fingerprint density at radius 3 is 2.18 bits per heavy atom. The third-order valence-corrected chi connectivity index (χ3v) is 8.09. The number of nitrogens with zero attached hydrogens (tertiary/aromatic N) is 2. The lowest BCUT2D eigenvalue weighted by molar-refractivity contribution is -0.782. The highest BCUT2D eigenvalue weighted by Crippen LogP contribution is 2.57. The summed E-state index contributed by atoms with van der Waals surface area (Å²) >= 11 is 0. The molecule has 1 aliphatic heterocycles. The third-order valence-electron chi connectivity index (χ3n) is 8.09. The van der Waals surface area contributed by atoms with Crippen LogP contribution in [0.4, 0.5) is 5.69 Å². The number of hydrogen-bond acceptors (Lipinski definition) is 3. The number of carboxylic acid groups (broad SMARTS) is 1. The molecule has 4 heteroatoms. The molecule has 0 amide bonds. The average molecular weight is 383 g/mol. The minimum atomic E-state index is -0.962. The van der Waals surface area contributed by atoms with Crippen molar-refractivity contribution in [2.24, 2.45) is 29.6 Å². The lowest BCUT2D eigenvalue weighted by Crippen LogP contribution is -2.66. The average Bonchev–Trinajstić information content (AvgIpc) is 2.59. The molecule has 2 heterocycles. The molecule has 4 saturated carbocycles. The van der Waals surface area contributed by atoms with Crippen molar-refractivity contribution in [2.75, 3.05) is 18.0 Å². The van der Waals surface area contributed by atoms with Gasteiger partial charge in [-0.05, 0) is 55.3 Å². The summed E-state index contributed by atoms with van der Waals surface area (Å²) in [5, 5.41) is 11.6. The summed E-state index contributed by atoms with van der Waals surface area (Å²) in [6, 6.07) is 4.42. The van der Waals surface area contributed by atoms with E-state index in [2.05, 4.69) is 41.6 Å². The summed E-state index contributed by atoms with van der Waals surface area (Å²) in [7, 11) is 0. The Labute approximate surface area is 168 Å². The van der Waals surface area contributed by atoms with Crippen molar-refractivity contribution in [2.45, 2.75) is 70.8 Å². The van der Waals surface area contributed by atoms with Crippen LogP contribution in [0.25, 0.3) is 0 Å². The molecule has 0 spiro atoms. The largest absolute Gasteiger partial charge is 0.550 e. The number of carbonyl (C=O) groups excluding carboxylic acids is 1. The SMILES string of the molecule is CC1CC(C)CN(c2cc[n+](C34CC5CC(CC(C5)C3)C4)c(CC(=O)[O-])c2)C1. The first-order valence-electron chi connectivity index (χ1n) is 11.4. The predicted octanol–water partition coefficient (Wildman–Crippen LogP) is 2.67. The van der Waals surface area contributed by atoms with E-state index in [4.69, 9.17) is 0 Å². The summed E-state index contributed by atoms with van der Waals surface area (Å²) in [5.41, 5.74) is 2.29. The predicted molar refractivity (Wildman–Crippen MR) is 107 cm³/mol. The van der Waals surface area contributed by atoms with Crippen LogP contribution in [0.1, 0.15) is 64.5 Å². The van der Waals surface area contributed by atoms with Crippen molar-refractivity contribution in [3.05, 3.63) is 24.0 Å². The van der Waals surface area contributed by atoms with Crippen LogP contribution < -0.4 is 14.6 Å². The Kier molecular flexibility index (Phi) is 4.44. The molecule has 0 aromatic carbocycles. The zero-order chi connectivity index (χ0) is 19.5. The smallest absolute Gasteiger partial charge is 0.189 e. The maximum atomic E-state index is 11.6. The van der Waals surface area contributed by atoms with Crippen molar-refractivity contribution in [3.8, 4) is 0 Å². The van der Waals surface area contributed by atoms with E-state index < -0.39 is 5.97 Å². The van der Waals surface area contributed by atoms with Gasteiger partial charge in [-0.2, -0.15) is 4.57 Å². The minimum absolute atomic E-state index is 0.0224. The first kappa shape index (κ1) is 18.4. The fourth-order valence-corrected chi connectivity index (χ4v) is 7.71. The molecule has 28 heavy (non-hydrogen) atoms. The van der Waals surface area contributed by atoms with Gasteiger partial charge in [0.2, 0.25) is 0 Å². The Hall–Kier alpha value is -1.58. The highest BCUT2D eigenvalue weighted by atomic mass is 16.4. The molecule has 4 bridgehead atoms. The molecule has 152 valence electrons. The van der Waals surface area contributed by atoms with Crippen molar-refractivity contribution < 1.29 is 14.5 Å². The van der Waals surface area contributed by atoms with Gasteiger partial charge in [-0.15, -0.1) is 0 Å². The minimum Gasteiger partial charge on any atom is -0.550 e. The van der Waals surface area contributed by atoms with Gasteiger partial charge < -0.3 is 14.8 Å². The van der Waals surface area contributed by atoms with E-state index in [0.29, 0.717) is 11.8 Å². The first-order valence-corrected chi connectivity index (χ1v) is 11.4. The molecule has 0 N–H and O–H groups in total. The molecule has 4 nitrogen and oxygen atoms in total. The van der Waals surface area contributed by atoms with Gasteiger partial charge in [-0.25, -0.2) is 0 Å². The number of aliphatic carboxylic acids is 1. The lowest BCUT2D eigenvalue weighted by Gasteiger charge is -2.53. The fraction of sp³-hybridized carbons (Fsp3) is 0.750. The molecule has 0 radical (unpaired) electrons. The number of anilines is 1. The van der Waals surface area contributed by atoms with E-state index in [1.54, 1.807) is 0 Å². The summed E-state index contributed by atoms with van der Waals surface area (Å²) in [6.07, 6.45) is 11.4. The highest BCUT2D eigenvalue weighted by molar-refractivity contribution is 5.67. The maximum Gasteiger partial charge on any atom is 0.189 e. The standard InChI is InChI=1S/C24H34N2O2/c1-16-5-17(2)15-25(14-16)21-3-4-26(22(9-21)10-23(27)28)24-11-18-6-19(12-24)8-20(7-18)13-24/h3-4,9,16-20H,5-8,10-15H2,1-2H3. The van der Waals surface area contributed by atoms with Gasteiger partial charge in [0.05, 0.1) is 12.4 Å². The Balaban J connectivity index is 1.51. The normalized spacial score (nSPS) is 39.4. The second-order valence-corrected chi connectivity index (χ2v) is 10.8. The van der Waals surface area contributed by atoms with Gasteiger partial charge in [0.25, 0.3) is 0 Å². The summed E-state index contributed by atoms with van der Waals surface area (Å²) in [4.78, 5) is 14.1. The summed E-state index contributed by atoms with van der Waals surface area (Å²) in [5.74, 6) is 2.94. The van der Waals surface area contributed by atoms with Crippen LogP contribution in [0, 0.1) is 29.6 Å². The van der Waals surface area contributed by atoms with E-state index in [9.17, 15) is 9.90 Å². The van der Waals surface area contributed by atoms with Gasteiger partial charge in [-0.3, -0.25) is 0 Å². The van der Waals surface area contributed by atoms with Crippen LogP contribution >= 0.6 is 0 Å². The van der Waals surface area contributed by atoms with Crippen molar-refractivity contribution in [1.82, 2.24) is 0 Å². The highest BCUT2D eigenvalue weighted by Gasteiger charge is 2.57. The van der Waals surface area contributed by atoms with Gasteiger partial charge in [0.15, 0.2) is 17.4 Å². The Morgan fingerprint density at radius 1 is 1.07 bits per heavy atom. The molecule has 5 fully saturated rings. The van der Waals surface area contributed by atoms with E-state index in [1.165, 1.54) is 50.6 Å². The second-order valence-electron chi connectivity index (χ2n) is 10.8. The van der Waals surface area contributed by atoms with Gasteiger partial charge >= 0.3 is 0 Å². The van der Waals surface area contributed by atoms with E-state index in [-0.39, 0.29) is 12.0 Å². The summed E-state index contributed by atoms with van der Waals surface area (Å²) in [6.45, 7) is 6.78. The molecule has 6 rings (SSSR count). The number of piperidine rings is 1. The molecule has 1 aromatic heterocycles. The summed E-state index contributed by atoms with van der Waals surface area (Å²) < 4.78 is 2.38. The number of hydrogen-bond donors (Lipinski definition) is 0. The fourth-order valence-electron chi connectivity index (χ4n) is 7.71. The lowest BCUT2D eigenvalue weighted by atomic mass is 9.53. The van der Waals surface area contributed by atoms with Crippen LogP contribution in [0.5, 0.6) is 0 Å². The molecule has 2 unspecified atom stereocenters. The van der Waals surface area contributed by atoms with Crippen LogP contribution in [0.15, 0.2) is 18.3 Å². The monoisotopic (exact) mass is 382 g/mol. The van der Waals surface area contributed by atoms with Crippen LogP contribution in [0.2, 0.25) is 0 Å². The van der Waals surface area contributed by atoms with Crippen LogP contribution in [0.3, 0.4) is 0 Å². The number of pyridine rings is 1. The molecule has 1 aromatic rings. The molecule has 2 atom stereocenters. The molecular formula is C24H34N2O2. The van der Waals surface area contributed by atoms with E-state index in [1.807, 2.05) is 0 Å². The molecular weight excluding hydrogens is 348 g/mol. The van der Waals surface area contributed by atoms with Crippen LogP contribution in [-0.2, 0) is 16.8 Å². The van der Waals surface area contributed by atoms with Gasteiger partial charge in [0.1, 0.15) is 0 Å². The van der Waals surface area contributed by atoms with Crippen molar-refractivity contribution in [1.29, 1.82) is 0 Å². The van der Waals surface area contributed by atoms with Crippen molar-refractivity contribution >= 4 is 11.7 Å². The first-order chi connectivity index (χ1) is 13.4. The number of rotatable bonds is 4. The zero-order valence-electron chi connectivity index (χ0n) is 17.4. The number of carbonyl (C=O) groups is 1. The molecule has 1 saturated heterocycles. The number of carboxylic acids is 1. The third kappa shape index (κ3) is 3.23. The van der Waals surface area contributed by atoms with Gasteiger partial charge in [0, 0.05) is 50.2 Å². The van der Waals surface area contributed by atoms with Gasteiger partial charge in [-0.1, -0.05) is 13.8 Å². The molecule has 4 aliphatic carbocycles. The van der Waals surface area contributed by atoms with E-state index in [0.717, 1.165) is 36.5 Å². The topological polar surface area (TPSA) is 47.2 Å². The van der Waals surface area contributed by atoms with E-state index >= 15 is 0 Å². The van der Waals surface area contributed by atoms with Crippen molar-refractivity contribution in [3.63, 3.8) is 0 Å².